The van der Waals surface area contributed by atoms with Crippen molar-refractivity contribution >= 4 is 5.71 Å². The lowest BCUT2D eigenvalue weighted by atomic mass is 10.1. The number of hydrogen-bond donors (Lipinski definition) is 0. The standard InChI is InChI=1S/C12H20N2/c1-2-3-4-5-9-14-12-8-6-7-11(12)10-13/h11H,2-9H2,1H3/b14-12+. The molecule has 0 amide bonds. The normalized spacial score (nSPS) is 24.0. The highest BCUT2D eigenvalue weighted by atomic mass is 14.7. The van der Waals surface area contributed by atoms with E-state index >= 15 is 0 Å². The van der Waals surface area contributed by atoms with Crippen LogP contribution in [-0.2, 0) is 0 Å². The number of aliphatic imine (C=N–C) groups is 1. The van der Waals surface area contributed by atoms with Gasteiger partial charge in [0.1, 0.15) is 0 Å². The summed E-state index contributed by atoms with van der Waals surface area (Å²) in [4.78, 5) is 4.54. The predicted molar refractivity (Wildman–Crippen MR) is 59.4 cm³/mol. The van der Waals surface area contributed by atoms with Gasteiger partial charge in [-0.05, 0) is 25.7 Å². The van der Waals surface area contributed by atoms with Gasteiger partial charge in [-0.15, -0.1) is 0 Å². The molecule has 1 unspecified atom stereocenters. The van der Waals surface area contributed by atoms with Crippen LogP contribution in [-0.4, -0.2) is 12.3 Å². The van der Waals surface area contributed by atoms with E-state index in [9.17, 15) is 0 Å². The molecule has 1 fully saturated rings. The quantitative estimate of drug-likeness (QED) is 0.615. The summed E-state index contributed by atoms with van der Waals surface area (Å²) >= 11 is 0. The van der Waals surface area contributed by atoms with Gasteiger partial charge in [-0.3, -0.25) is 4.99 Å². The molecule has 1 saturated carbocycles. The van der Waals surface area contributed by atoms with Crippen molar-refractivity contribution in [1.82, 2.24) is 0 Å². The van der Waals surface area contributed by atoms with Gasteiger partial charge in [0.25, 0.3) is 0 Å². The van der Waals surface area contributed by atoms with Gasteiger partial charge < -0.3 is 0 Å². The first-order chi connectivity index (χ1) is 6.88. The lowest BCUT2D eigenvalue weighted by Crippen LogP contribution is -2.04. The zero-order valence-corrected chi connectivity index (χ0v) is 9.13. The van der Waals surface area contributed by atoms with E-state index in [4.69, 9.17) is 5.26 Å². The maximum absolute atomic E-state index is 8.85. The van der Waals surface area contributed by atoms with Crippen LogP contribution in [0.5, 0.6) is 0 Å². The molecule has 0 heterocycles. The Morgan fingerprint density at radius 1 is 1.43 bits per heavy atom. The summed E-state index contributed by atoms with van der Waals surface area (Å²) in [6.45, 7) is 3.15. The molecule has 1 aliphatic carbocycles. The van der Waals surface area contributed by atoms with E-state index in [0.29, 0.717) is 0 Å². The minimum Gasteiger partial charge on any atom is -0.293 e. The molecule has 78 valence electrons. The molecule has 0 N–H and O–H groups in total. The van der Waals surface area contributed by atoms with E-state index in [1.807, 2.05) is 0 Å². The lowest BCUT2D eigenvalue weighted by Gasteiger charge is -2.01. The van der Waals surface area contributed by atoms with Crippen LogP contribution >= 0.6 is 0 Å². The van der Waals surface area contributed by atoms with E-state index in [0.717, 1.165) is 25.8 Å². The van der Waals surface area contributed by atoms with Crippen molar-refractivity contribution in [2.75, 3.05) is 6.54 Å². The second kappa shape index (κ2) is 6.59. The molecule has 0 aromatic rings. The average Bonchev–Trinajstić information content (AvgIpc) is 2.65. The lowest BCUT2D eigenvalue weighted by molar-refractivity contribution is 0.673. The van der Waals surface area contributed by atoms with Crippen LogP contribution in [0.3, 0.4) is 0 Å². The highest BCUT2D eigenvalue weighted by Gasteiger charge is 2.21. The molecule has 0 aromatic heterocycles. The van der Waals surface area contributed by atoms with Crippen LogP contribution in [0, 0.1) is 17.2 Å². The van der Waals surface area contributed by atoms with Gasteiger partial charge in [0.05, 0.1) is 12.0 Å². The van der Waals surface area contributed by atoms with Gasteiger partial charge in [-0.25, -0.2) is 0 Å². The summed E-state index contributed by atoms with van der Waals surface area (Å²) < 4.78 is 0. The smallest absolute Gasteiger partial charge is 0.0841 e. The fourth-order valence-corrected chi connectivity index (χ4v) is 1.92. The Labute approximate surface area is 87.0 Å². The second-order valence-corrected chi connectivity index (χ2v) is 4.01. The maximum atomic E-state index is 8.85. The van der Waals surface area contributed by atoms with Gasteiger partial charge in [0.15, 0.2) is 0 Å². The van der Waals surface area contributed by atoms with E-state index < -0.39 is 0 Å². The minimum atomic E-state index is 0.140. The molecule has 2 heteroatoms. The highest BCUT2D eigenvalue weighted by Crippen LogP contribution is 2.21. The molecular weight excluding hydrogens is 172 g/mol. The maximum Gasteiger partial charge on any atom is 0.0841 e. The highest BCUT2D eigenvalue weighted by molar-refractivity contribution is 5.90. The van der Waals surface area contributed by atoms with Crippen molar-refractivity contribution in [2.24, 2.45) is 10.9 Å². The molecule has 0 aliphatic heterocycles. The summed E-state index contributed by atoms with van der Waals surface area (Å²) in [6, 6.07) is 2.34. The SMILES string of the molecule is CCCCCC/N=C1\CCCC1C#N. The molecule has 0 bridgehead atoms. The van der Waals surface area contributed by atoms with Crippen LogP contribution in [0.1, 0.15) is 51.9 Å². The number of nitriles is 1. The first-order valence-corrected chi connectivity index (χ1v) is 5.81. The fraction of sp³-hybridized carbons (Fsp3) is 0.833. The van der Waals surface area contributed by atoms with Gasteiger partial charge in [0, 0.05) is 12.3 Å². The number of hydrogen-bond acceptors (Lipinski definition) is 2. The Kier molecular flexibility index (Phi) is 5.29. The van der Waals surface area contributed by atoms with E-state index in [2.05, 4.69) is 18.0 Å². The van der Waals surface area contributed by atoms with Gasteiger partial charge in [-0.2, -0.15) is 5.26 Å². The fourth-order valence-electron chi connectivity index (χ4n) is 1.92. The summed E-state index contributed by atoms with van der Waals surface area (Å²) in [5.41, 5.74) is 1.17. The molecular formula is C12H20N2. The topological polar surface area (TPSA) is 36.1 Å². The molecule has 1 aliphatic rings. The second-order valence-electron chi connectivity index (χ2n) is 4.01. The first kappa shape index (κ1) is 11.2. The van der Waals surface area contributed by atoms with Crippen molar-refractivity contribution in [3.05, 3.63) is 0 Å². The first-order valence-electron chi connectivity index (χ1n) is 5.81. The minimum absolute atomic E-state index is 0.140. The molecule has 0 radical (unpaired) electrons. The van der Waals surface area contributed by atoms with Gasteiger partial charge in [-0.1, -0.05) is 26.2 Å². The van der Waals surface area contributed by atoms with Crippen molar-refractivity contribution < 1.29 is 0 Å². The molecule has 14 heavy (non-hydrogen) atoms. The Bertz CT molecular complexity index is 225. The third-order valence-corrected chi connectivity index (χ3v) is 2.81. The predicted octanol–water partition coefficient (Wildman–Crippen LogP) is 3.33. The summed E-state index contributed by atoms with van der Waals surface area (Å²) in [7, 11) is 0. The summed E-state index contributed by atoms with van der Waals surface area (Å²) in [5.74, 6) is 0.140. The van der Waals surface area contributed by atoms with E-state index in [1.54, 1.807) is 0 Å². The largest absolute Gasteiger partial charge is 0.293 e. The Hall–Kier alpha value is -0.840. The third kappa shape index (κ3) is 3.49. The van der Waals surface area contributed by atoms with Crippen LogP contribution in [0.4, 0.5) is 0 Å². The number of nitrogens with zero attached hydrogens (tertiary/aromatic N) is 2. The Balaban J connectivity index is 2.20. The van der Waals surface area contributed by atoms with Crippen molar-refractivity contribution in [3.8, 4) is 6.07 Å². The number of unbranched alkanes of at least 4 members (excludes halogenated alkanes) is 3. The molecule has 1 rings (SSSR count). The monoisotopic (exact) mass is 192 g/mol. The van der Waals surface area contributed by atoms with Crippen molar-refractivity contribution in [3.63, 3.8) is 0 Å². The zero-order valence-electron chi connectivity index (χ0n) is 9.13. The third-order valence-electron chi connectivity index (χ3n) is 2.81. The Morgan fingerprint density at radius 2 is 2.29 bits per heavy atom. The van der Waals surface area contributed by atoms with E-state index in [-0.39, 0.29) is 5.92 Å². The molecule has 1 atom stereocenters. The molecule has 0 aromatic carbocycles. The van der Waals surface area contributed by atoms with Crippen molar-refractivity contribution in [1.29, 1.82) is 5.26 Å². The van der Waals surface area contributed by atoms with Crippen LogP contribution in [0.15, 0.2) is 4.99 Å². The van der Waals surface area contributed by atoms with Crippen LogP contribution < -0.4 is 0 Å². The van der Waals surface area contributed by atoms with Gasteiger partial charge in [0.2, 0.25) is 0 Å². The van der Waals surface area contributed by atoms with Gasteiger partial charge >= 0.3 is 0 Å². The van der Waals surface area contributed by atoms with Crippen LogP contribution in [0.2, 0.25) is 0 Å². The van der Waals surface area contributed by atoms with Crippen molar-refractivity contribution in [2.45, 2.75) is 51.9 Å². The summed E-state index contributed by atoms with van der Waals surface area (Å²) in [5, 5.41) is 8.85. The Morgan fingerprint density at radius 3 is 3.00 bits per heavy atom. The molecule has 0 spiro atoms. The average molecular weight is 192 g/mol. The summed E-state index contributed by atoms with van der Waals surface area (Å²) in [6.07, 6.45) is 8.31. The number of rotatable bonds is 5. The van der Waals surface area contributed by atoms with E-state index in [1.165, 1.54) is 31.4 Å². The van der Waals surface area contributed by atoms with Crippen LogP contribution in [0.25, 0.3) is 0 Å². The molecule has 2 nitrogen and oxygen atoms in total. The molecule has 0 saturated heterocycles. The zero-order chi connectivity index (χ0) is 10.2.